The van der Waals surface area contributed by atoms with E-state index in [0.717, 1.165) is 0 Å². The van der Waals surface area contributed by atoms with Gasteiger partial charge in [-0.1, -0.05) is 36.4 Å². The van der Waals surface area contributed by atoms with Crippen LogP contribution in [-0.2, 0) is 4.79 Å². The van der Waals surface area contributed by atoms with Crippen LogP contribution < -0.4 is 0 Å². The Labute approximate surface area is 92.8 Å². The van der Waals surface area contributed by atoms with E-state index in [1.165, 1.54) is 12.1 Å². The minimum Gasteiger partial charge on any atom is -0.293 e. The molecule has 1 aromatic rings. The number of ketones is 3. The molecule has 1 unspecified atom stereocenters. The number of carbonyl (C=O) groups excluding carboxylic acids is 3. The second-order valence-electron chi connectivity index (χ2n) is 3.61. The lowest BCUT2D eigenvalue weighted by atomic mass is 9.81. The highest BCUT2D eigenvalue weighted by Crippen LogP contribution is 2.23. The third kappa shape index (κ3) is 1.41. The Morgan fingerprint density at radius 3 is 2.25 bits per heavy atom. The first-order chi connectivity index (χ1) is 7.66. The zero-order valence-electron chi connectivity index (χ0n) is 8.77. The van der Waals surface area contributed by atoms with Crippen molar-refractivity contribution in [2.24, 2.45) is 5.92 Å². The second kappa shape index (κ2) is 3.85. The first-order valence-corrected chi connectivity index (χ1v) is 5.01. The first-order valence-electron chi connectivity index (χ1n) is 5.01. The van der Waals surface area contributed by atoms with Gasteiger partial charge in [-0.15, -0.1) is 0 Å². The molecule has 3 heteroatoms. The van der Waals surface area contributed by atoms with Gasteiger partial charge in [0.05, 0.1) is 0 Å². The average molecular weight is 214 g/mol. The molecular weight excluding hydrogens is 204 g/mol. The van der Waals surface area contributed by atoms with Gasteiger partial charge in [-0.05, 0) is 6.92 Å². The number of rotatable bonds is 1. The lowest BCUT2D eigenvalue weighted by molar-refractivity contribution is -0.116. The Kier molecular flexibility index (Phi) is 2.52. The SMILES string of the molecule is CC=CC1C(=O)C(=O)c2ccccc2C1=O. The molecule has 2 rings (SSSR count). The number of hydrogen-bond donors (Lipinski definition) is 0. The summed E-state index contributed by atoms with van der Waals surface area (Å²) in [6.07, 6.45) is 3.08. The summed E-state index contributed by atoms with van der Waals surface area (Å²) in [6.45, 7) is 1.71. The van der Waals surface area contributed by atoms with Crippen LogP contribution in [0.1, 0.15) is 27.6 Å². The third-order valence-corrected chi connectivity index (χ3v) is 2.61. The molecule has 3 nitrogen and oxygen atoms in total. The Morgan fingerprint density at radius 1 is 1.00 bits per heavy atom. The van der Waals surface area contributed by atoms with E-state index >= 15 is 0 Å². The van der Waals surface area contributed by atoms with Crippen molar-refractivity contribution >= 4 is 17.3 Å². The third-order valence-electron chi connectivity index (χ3n) is 2.61. The van der Waals surface area contributed by atoms with Crippen LogP contribution in [-0.4, -0.2) is 17.3 Å². The summed E-state index contributed by atoms with van der Waals surface area (Å²) < 4.78 is 0. The summed E-state index contributed by atoms with van der Waals surface area (Å²) in [6, 6.07) is 6.43. The maximum absolute atomic E-state index is 11.9. The summed E-state index contributed by atoms with van der Waals surface area (Å²) in [5.74, 6) is -2.44. The molecule has 0 amide bonds. The van der Waals surface area contributed by atoms with Gasteiger partial charge in [-0.3, -0.25) is 14.4 Å². The molecule has 16 heavy (non-hydrogen) atoms. The van der Waals surface area contributed by atoms with E-state index < -0.39 is 17.5 Å². The lowest BCUT2D eigenvalue weighted by Crippen LogP contribution is -2.35. The van der Waals surface area contributed by atoms with Gasteiger partial charge in [0.2, 0.25) is 11.6 Å². The average Bonchev–Trinajstić information content (AvgIpc) is 2.32. The van der Waals surface area contributed by atoms with Gasteiger partial charge in [0.1, 0.15) is 5.92 Å². The number of Topliss-reactive ketones (excluding diaryl/α,β-unsaturated/α-hetero) is 3. The number of fused-ring (bicyclic) bond motifs is 1. The summed E-state index contributed by atoms with van der Waals surface area (Å²) in [7, 11) is 0. The van der Waals surface area contributed by atoms with Gasteiger partial charge in [0.25, 0.3) is 0 Å². The van der Waals surface area contributed by atoms with E-state index in [-0.39, 0.29) is 11.3 Å². The molecule has 0 aliphatic heterocycles. The zero-order valence-corrected chi connectivity index (χ0v) is 8.77. The Bertz CT molecular complexity index is 512. The molecule has 0 saturated carbocycles. The summed E-state index contributed by atoms with van der Waals surface area (Å²) in [4.78, 5) is 35.3. The predicted molar refractivity (Wildman–Crippen MR) is 58.4 cm³/mol. The van der Waals surface area contributed by atoms with E-state index in [1.54, 1.807) is 31.2 Å². The van der Waals surface area contributed by atoms with E-state index in [9.17, 15) is 14.4 Å². The van der Waals surface area contributed by atoms with Gasteiger partial charge >= 0.3 is 0 Å². The fourth-order valence-electron chi connectivity index (χ4n) is 1.82. The van der Waals surface area contributed by atoms with Crippen LogP contribution in [0.3, 0.4) is 0 Å². The molecule has 0 bridgehead atoms. The summed E-state index contributed by atoms with van der Waals surface area (Å²) >= 11 is 0. The van der Waals surface area contributed by atoms with Crippen molar-refractivity contribution in [1.29, 1.82) is 0 Å². The van der Waals surface area contributed by atoms with Crippen LogP contribution in [0.5, 0.6) is 0 Å². The van der Waals surface area contributed by atoms with Crippen LogP contribution in [0.4, 0.5) is 0 Å². The number of allylic oxidation sites excluding steroid dienone is 2. The molecule has 0 fully saturated rings. The molecule has 0 heterocycles. The van der Waals surface area contributed by atoms with Crippen molar-refractivity contribution in [3.63, 3.8) is 0 Å². The van der Waals surface area contributed by atoms with Crippen molar-refractivity contribution in [3.8, 4) is 0 Å². The Hall–Kier alpha value is -2.03. The normalized spacial score (nSPS) is 20.3. The molecule has 1 aliphatic carbocycles. The molecule has 0 aromatic heterocycles. The minimum atomic E-state index is -0.938. The topological polar surface area (TPSA) is 51.2 Å². The minimum absolute atomic E-state index is 0.221. The zero-order chi connectivity index (χ0) is 11.7. The monoisotopic (exact) mass is 214 g/mol. The van der Waals surface area contributed by atoms with Crippen molar-refractivity contribution in [2.75, 3.05) is 0 Å². The highest BCUT2D eigenvalue weighted by Gasteiger charge is 2.38. The molecule has 1 aliphatic rings. The van der Waals surface area contributed by atoms with Gasteiger partial charge < -0.3 is 0 Å². The quantitative estimate of drug-likeness (QED) is 0.407. The van der Waals surface area contributed by atoms with Crippen molar-refractivity contribution < 1.29 is 14.4 Å². The van der Waals surface area contributed by atoms with Gasteiger partial charge in [-0.25, -0.2) is 0 Å². The fraction of sp³-hybridized carbons (Fsp3) is 0.154. The predicted octanol–water partition coefficient (Wildman–Crippen LogP) is 1.83. The maximum atomic E-state index is 11.9. The molecule has 1 aromatic carbocycles. The van der Waals surface area contributed by atoms with E-state index in [1.807, 2.05) is 0 Å². The van der Waals surface area contributed by atoms with E-state index in [4.69, 9.17) is 0 Å². The molecule has 0 radical (unpaired) electrons. The van der Waals surface area contributed by atoms with Crippen LogP contribution in [0.2, 0.25) is 0 Å². The first kappa shape index (κ1) is 10.5. The summed E-state index contributed by atoms with van der Waals surface area (Å²) in [5, 5.41) is 0. The van der Waals surface area contributed by atoms with E-state index in [2.05, 4.69) is 0 Å². The van der Waals surface area contributed by atoms with Gasteiger partial charge in [-0.2, -0.15) is 0 Å². The summed E-state index contributed by atoms with van der Waals surface area (Å²) in [5.41, 5.74) is 0.563. The molecular formula is C13H10O3. The maximum Gasteiger partial charge on any atom is 0.230 e. The molecule has 0 saturated heterocycles. The molecule has 0 N–H and O–H groups in total. The van der Waals surface area contributed by atoms with Gasteiger partial charge in [0.15, 0.2) is 5.78 Å². The number of carbonyl (C=O) groups is 3. The van der Waals surface area contributed by atoms with Gasteiger partial charge in [0, 0.05) is 11.1 Å². The molecule has 0 spiro atoms. The fourth-order valence-corrected chi connectivity index (χ4v) is 1.82. The largest absolute Gasteiger partial charge is 0.293 e. The molecule has 80 valence electrons. The van der Waals surface area contributed by atoms with Crippen LogP contribution in [0.25, 0.3) is 0 Å². The van der Waals surface area contributed by atoms with Crippen molar-refractivity contribution in [3.05, 3.63) is 47.5 Å². The number of hydrogen-bond acceptors (Lipinski definition) is 3. The highest BCUT2D eigenvalue weighted by molar-refractivity contribution is 6.52. The van der Waals surface area contributed by atoms with Crippen LogP contribution in [0, 0.1) is 5.92 Å². The Balaban J connectivity index is 2.60. The van der Waals surface area contributed by atoms with Crippen molar-refractivity contribution in [1.82, 2.24) is 0 Å². The standard InChI is InChI=1S/C13H10O3/c1-2-5-10-11(14)8-6-3-4-7-9(8)12(15)13(10)16/h2-7,10H,1H3. The van der Waals surface area contributed by atoms with Crippen LogP contribution >= 0.6 is 0 Å². The van der Waals surface area contributed by atoms with Crippen molar-refractivity contribution in [2.45, 2.75) is 6.92 Å². The van der Waals surface area contributed by atoms with E-state index in [0.29, 0.717) is 5.56 Å². The van der Waals surface area contributed by atoms with Crippen LogP contribution in [0.15, 0.2) is 36.4 Å². The lowest BCUT2D eigenvalue weighted by Gasteiger charge is -2.18. The smallest absolute Gasteiger partial charge is 0.230 e. The highest BCUT2D eigenvalue weighted by atomic mass is 16.2. The second-order valence-corrected chi connectivity index (χ2v) is 3.61. The molecule has 1 atom stereocenters. The number of benzene rings is 1. The Morgan fingerprint density at radius 2 is 1.62 bits per heavy atom.